The van der Waals surface area contributed by atoms with Gasteiger partial charge in [-0.15, -0.1) is 0 Å². The molecule has 0 aliphatic rings. The molecule has 0 aromatic carbocycles. The molecule has 8 nitrogen and oxygen atoms in total. The number of carboxylic acid groups (broad SMARTS) is 1. The van der Waals surface area contributed by atoms with Crippen molar-refractivity contribution in [1.82, 2.24) is 5.32 Å². The predicted octanol–water partition coefficient (Wildman–Crippen LogP) is -0.00490. The quantitative estimate of drug-likeness (QED) is 0.233. The first-order chi connectivity index (χ1) is 7.57. The van der Waals surface area contributed by atoms with Crippen LogP contribution in [0.5, 0.6) is 0 Å². The largest absolute Gasteiger partial charge is 0.480 e. The highest BCUT2D eigenvalue weighted by atomic mass is 16.4. The van der Waals surface area contributed by atoms with E-state index < -0.39 is 12.0 Å². The van der Waals surface area contributed by atoms with Gasteiger partial charge in [0.25, 0.3) is 0 Å². The third-order valence-electron chi connectivity index (χ3n) is 1.86. The molecule has 0 fully saturated rings. The van der Waals surface area contributed by atoms with Crippen molar-refractivity contribution in [2.45, 2.75) is 25.3 Å². The highest BCUT2D eigenvalue weighted by Gasteiger charge is 2.09. The van der Waals surface area contributed by atoms with Gasteiger partial charge in [-0.1, -0.05) is 5.11 Å². The van der Waals surface area contributed by atoms with Crippen molar-refractivity contribution < 1.29 is 14.7 Å². The van der Waals surface area contributed by atoms with Crippen LogP contribution in [0.15, 0.2) is 5.11 Å². The molecule has 0 saturated carbocycles. The van der Waals surface area contributed by atoms with Crippen molar-refractivity contribution in [1.29, 1.82) is 0 Å². The number of unbranched alkanes of at least 4 members (excludes halogenated alkanes) is 1. The van der Waals surface area contributed by atoms with Gasteiger partial charge < -0.3 is 16.2 Å². The number of azide groups is 1. The van der Waals surface area contributed by atoms with Gasteiger partial charge in [0.1, 0.15) is 12.6 Å². The molecule has 0 aromatic rings. The minimum Gasteiger partial charge on any atom is -0.480 e. The van der Waals surface area contributed by atoms with Crippen molar-refractivity contribution in [2.75, 3.05) is 13.1 Å². The second-order valence-electron chi connectivity index (χ2n) is 3.18. The van der Waals surface area contributed by atoms with Crippen LogP contribution in [0, 0.1) is 0 Å². The Labute approximate surface area is 92.4 Å². The Bertz CT molecular complexity index is 287. The van der Waals surface area contributed by atoms with Crippen LogP contribution >= 0.6 is 0 Å². The topological polar surface area (TPSA) is 141 Å². The van der Waals surface area contributed by atoms with Crippen LogP contribution in [0.1, 0.15) is 19.3 Å². The minimum atomic E-state index is -1.02. The fourth-order valence-electron chi connectivity index (χ4n) is 0.992. The van der Waals surface area contributed by atoms with Crippen molar-refractivity contribution in [3.05, 3.63) is 10.4 Å². The Morgan fingerprint density at radius 3 is 2.75 bits per heavy atom. The van der Waals surface area contributed by atoms with E-state index in [1.54, 1.807) is 0 Å². The summed E-state index contributed by atoms with van der Waals surface area (Å²) in [5.74, 6) is -1.37. The standard InChI is InChI=1S/C8H15N5O3/c9-6(8(15)16)3-1-2-4-11-7(14)5-12-13-10/h6H,1-5,9H2,(H,11,14)(H,15,16)/t6-/m0/s1. The molecule has 0 saturated heterocycles. The first-order valence-electron chi connectivity index (χ1n) is 4.84. The van der Waals surface area contributed by atoms with Crippen molar-refractivity contribution >= 4 is 11.9 Å². The van der Waals surface area contributed by atoms with E-state index in [1.807, 2.05) is 0 Å². The average molecular weight is 229 g/mol. The van der Waals surface area contributed by atoms with Gasteiger partial charge in [0.2, 0.25) is 5.91 Å². The molecule has 0 spiro atoms. The third-order valence-corrected chi connectivity index (χ3v) is 1.86. The molecule has 0 rings (SSSR count). The molecule has 0 aliphatic heterocycles. The van der Waals surface area contributed by atoms with Crippen LogP contribution in [0.2, 0.25) is 0 Å². The average Bonchev–Trinajstić information content (AvgIpc) is 2.25. The Morgan fingerprint density at radius 1 is 1.50 bits per heavy atom. The molecule has 4 N–H and O–H groups in total. The normalized spacial score (nSPS) is 11.3. The van der Waals surface area contributed by atoms with Crippen LogP contribution < -0.4 is 11.1 Å². The second-order valence-corrected chi connectivity index (χ2v) is 3.18. The zero-order valence-corrected chi connectivity index (χ0v) is 8.80. The van der Waals surface area contributed by atoms with Gasteiger partial charge in [0.15, 0.2) is 0 Å². The number of carboxylic acids is 1. The summed E-state index contributed by atoms with van der Waals surface area (Å²) in [5.41, 5.74) is 13.2. The number of carbonyl (C=O) groups is 2. The van der Waals surface area contributed by atoms with E-state index in [0.717, 1.165) is 0 Å². The number of nitrogens with one attached hydrogen (secondary N) is 1. The molecular formula is C8H15N5O3. The number of nitrogens with zero attached hydrogens (tertiary/aromatic N) is 3. The molecule has 0 bridgehead atoms. The highest BCUT2D eigenvalue weighted by Crippen LogP contribution is 1.98. The molecular weight excluding hydrogens is 214 g/mol. The smallest absolute Gasteiger partial charge is 0.320 e. The zero-order valence-electron chi connectivity index (χ0n) is 8.80. The van der Waals surface area contributed by atoms with Crippen LogP contribution in [-0.2, 0) is 9.59 Å². The number of hydrogen-bond donors (Lipinski definition) is 3. The van der Waals surface area contributed by atoms with Gasteiger partial charge in [-0.3, -0.25) is 9.59 Å². The lowest BCUT2D eigenvalue weighted by Gasteiger charge is -2.06. The molecule has 0 aliphatic carbocycles. The lowest BCUT2D eigenvalue weighted by Crippen LogP contribution is -2.30. The maximum Gasteiger partial charge on any atom is 0.320 e. The number of carbonyl (C=O) groups excluding carboxylic acids is 1. The molecule has 8 heteroatoms. The van der Waals surface area contributed by atoms with Gasteiger partial charge in [-0.05, 0) is 24.8 Å². The fraction of sp³-hybridized carbons (Fsp3) is 0.750. The Morgan fingerprint density at radius 2 is 2.19 bits per heavy atom. The highest BCUT2D eigenvalue weighted by molar-refractivity contribution is 5.78. The van der Waals surface area contributed by atoms with Gasteiger partial charge in [0.05, 0.1) is 0 Å². The lowest BCUT2D eigenvalue weighted by atomic mass is 10.1. The maximum absolute atomic E-state index is 10.9. The number of aliphatic carboxylic acids is 1. The summed E-state index contributed by atoms with van der Waals surface area (Å²) < 4.78 is 0. The lowest BCUT2D eigenvalue weighted by molar-refractivity contribution is -0.138. The Kier molecular flexibility index (Phi) is 7.56. The van der Waals surface area contributed by atoms with Gasteiger partial charge in [-0.25, -0.2) is 0 Å². The number of rotatable bonds is 8. The molecule has 0 unspecified atom stereocenters. The molecule has 0 radical (unpaired) electrons. The molecule has 0 heterocycles. The van der Waals surface area contributed by atoms with Gasteiger partial charge in [0, 0.05) is 11.5 Å². The van der Waals surface area contributed by atoms with Crippen LogP contribution in [0.3, 0.4) is 0 Å². The number of nitrogens with two attached hydrogens (primary N) is 1. The summed E-state index contributed by atoms with van der Waals surface area (Å²) in [5, 5.41) is 14.1. The maximum atomic E-state index is 10.9. The van der Waals surface area contributed by atoms with E-state index in [-0.39, 0.29) is 12.5 Å². The SMILES string of the molecule is [N-]=[N+]=NCC(=O)NCCCC[C@H](N)C(=O)O. The fourth-order valence-corrected chi connectivity index (χ4v) is 0.992. The summed E-state index contributed by atoms with van der Waals surface area (Å²) in [7, 11) is 0. The van der Waals surface area contributed by atoms with E-state index in [0.29, 0.717) is 25.8 Å². The van der Waals surface area contributed by atoms with Crippen molar-refractivity contribution in [3.63, 3.8) is 0 Å². The first kappa shape index (κ1) is 14.2. The molecule has 1 amide bonds. The van der Waals surface area contributed by atoms with E-state index in [4.69, 9.17) is 16.4 Å². The van der Waals surface area contributed by atoms with Crippen molar-refractivity contribution in [2.24, 2.45) is 10.8 Å². The molecule has 0 aromatic heterocycles. The van der Waals surface area contributed by atoms with Crippen LogP contribution in [0.25, 0.3) is 10.4 Å². The summed E-state index contributed by atoms with van der Waals surface area (Å²) >= 11 is 0. The molecule has 1 atom stereocenters. The van der Waals surface area contributed by atoms with Gasteiger partial charge >= 0.3 is 5.97 Å². The first-order valence-corrected chi connectivity index (χ1v) is 4.84. The summed E-state index contributed by atoms with van der Waals surface area (Å²) in [4.78, 5) is 23.7. The number of amides is 1. The molecule has 90 valence electrons. The second kappa shape index (κ2) is 8.51. The van der Waals surface area contributed by atoms with Crippen LogP contribution in [-0.4, -0.2) is 36.1 Å². The van der Waals surface area contributed by atoms with E-state index in [9.17, 15) is 9.59 Å². The predicted molar refractivity (Wildman–Crippen MR) is 56.5 cm³/mol. The van der Waals surface area contributed by atoms with Crippen LogP contribution in [0.4, 0.5) is 0 Å². The molecule has 16 heavy (non-hydrogen) atoms. The number of hydrogen-bond acceptors (Lipinski definition) is 4. The van der Waals surface area contributed by atoms with Gasteiger partial charge in [-0.2, -0.15) is 0 Å². The Hall–Kier alpha value is -1.79. The summed E-state index contributed by atoms with van der Waals surface area (Å²) in [6.07, 6.45) is 1.64. The van der Waals surface area contributed by atoms with E-state index in [2.05, 4.69) is 15.3 Å². The third kappa shape index (κ3) is 7.60. The summed E-state index contributed by atoms with van der Waals surface area (Å²) in [6.45, 7) is 0.206. The minimum absolute atomic E-state index is 0.217. The van der Waals surface area contributed by atoms with E-state index in [1.165, 1.54) is 0 Å². The Balaban J connectivity index is 3.43. The van der Waals surface area contributed by atoms with E-state index >= 15 is 0 Å². The summed E-state index contributed by atoms with van der Waals surface area (Å²) in [6, 6.07) is -0.848. The monoisotopic (exact) mass is 229 g/mol. The van der Waals surface area contributed by atoms with Crippen molar-refractivity contribution in [3.8, 4) is 0 Å². The zero-order chi connectivity index (χ0) is 12.4.